The normalized spacial score (nSPS) is 32.9. The van der Waals surface area contributed by atoms with E-state index in [4.69, 9.17) is 11.6 Å². The Kier molecular flexibility index (Phi) is 3.30. The molecule has 0 atom stereocenters. The Morgan fingerprint density at radius 2 is 1.76 bits per heavy atom. The van der Waals surface area contributed by atoms with Crippen LogP contribution >= 0.6 is 11.6 Å². The molecule has 1 aromatic heterocycles. The monoisotopic (exact) mass is 356 g/mol. The summed E-state index contributed by atoms with van der Waals surface area (Å²) in [4.78, 5) is 28.7. The maximum Gasteiger partial charge on any atom is 0.257 e. The number of amides is 1. The van der Waals surface area contributed by atoms with Crippen LogP contribution in [0.1, 0.15) is 48.9 Å². The van der Waals surface area contributed by atoms with E-state index in [1.807, 2.05) is 0 Å². The van der Waals surface area contributed by atoms with Gasteiger partial charge in [0.15, 0.2) is 0 Å². The molecule has 0 saturated heterocycles. The van der Waals surface area contributed by atoms with Crippen LogP contribution in [0, 0.1) is 17.8 Å². The van der Waals surface area contributed by atoms with Gasteiger partial charge in [0.25, 0.3) is 5.91 Å². The Balaban J connectivity index is 1.48. The summed E-state index contributed by atoms with van der Waals surface area (Å²) in [5.74, 6) is 2.01. The number of hydrogen-bond acceptors (Lipinski definition) is 2. The van der Waals surface area contributed by atoms with E-state index < -0.39 is 0 Å². The van der Waals surface area contributed by atoms with Gasteiger partial charge in [0.1, 0.15) is 5.56 Å². The van der Waals surface area contributed by atoms with Crippen LogP contribution in [-0.4, -0.2) is 16.4 Å². The summed E-state index contributed by atoms with van der Waals surface area (Å²) in [5, 5.41) is 4.22. The first kappa shape index (κ1) is 15.4. The Morgan fingerprint density at radius 3 is 2.40 bits per heavy atom. The van der Waals surface area contributed by atoms with Crippen LogP contribution < -0.4 is 10.7 Å². The molecule has 6 rings (SSSR count). The van der Waals surface area contributed by atoms with Crippen molar-refractivity contribution in [2.45, 2.75) is 44.1 Å². The van der Waals surface area contributed by atoms with Crippen molar-refractivity contribution in [3.05, 3.63) is 45.2 Å². The van der Waals surface area contributed by atoms with Gasteiger partial charge in [-0.05, 0) is 68.4 Å². The van der Waals surface area contributed by atoms with Gasteiger partial charge in [-0.1, -0.05) is 17.7 Å². The lowest BCUT2D eigenvalue weighted by Crippen LogP contribution is -2.60. The minimum Gasteiger partial charge on any atom is -0.359 e. The number of hydrogen-bond donors (Lipinski definition) is 2. The maximum atomic E-state index is 12.9. The molecule has 0 radical (unpaired) electrons. The van der Waals surface area contributed by atoms with Gasteiger partial charge in [0, 0.05) is 17.1 Å². The SMILES string of the molecule is O=C(NC12CC3CC(CC(C3)C1)C2)c1c[nH]c2c(Cl)cccc2c1=O. The summed E-state index contributed by atoms with van der Waals surface area (Å²) in [5.41, 5.74) is 0.422. The van der Waals surface area contributed by atoms with E-state index in [1.54, 1.807) is 18.2 Å². The summed E-state index contributed by atoms with van der Waals surface area (Å²) < 4.78 is 0. The van der Waals surface area contributed by atoms with Gasteiger partial charge in [-0.25, -0.2) is 0 Å². The number of pyridine rings is 1. The molecular formula is C20H21ClN2O2. The maximum absolute atomic E-state index is 12.9. The molecule has 0 spiro atoms. The van der Waals surface area contributed by atoms with Crippen LogP contribution in [-0.2, 0) is 0 Å². The summed E-state index contributed by atoms with van der Waals surface area (Å²) in [6, 6.07) is 5.18. The number of carbonyl (C=O) groups excluding carboxylic acids is 1. The zero-order chi connectivity index (χ0) is 17.2. The molecule has 4 saturated carbocycles. The number of H-pyrrole nitrogens is 1. The minimum atomic E-state index is -0.251. The van der Waals surface area contributed by atoms with Crippen molar-refractivity contribution < 1.29 is 4.79 Å². The van der Waals surface area contributed by atoms with Crippen molar-refractivity contribution in [1.82, 2.24) is 10.3 Å². The Morgan fingerprint density at radius 1 is 1.12 bits per heavy atom. The van der Waals surface area contributed by atoms with Crippen LogP contribution in [0.3, 0.4) is 0 Å². The zero-order valence-electron chi connectivity index (χ0n) is 14.0. The quantitative estimate of drug-likeness (QED) is 0.857. The molecule has 1 amide bonds. The highest BCUT2D eigenvalue weighted by atomic mass is 35.5. The van der Waals surface area contributed by atoms with Gasteiger partial charge in [0.2, 0.25) is 5.43 Å². The van der Waals surface area contributed by atoms with Crippen LogP contribution in [0.2, 0.25) is 5.02 Å². The van der Waals surface area contributed by atoms with Gasteiger partial charge in [-0.3, -0.25) is 9.59 Å². The summed E-state index contributed by atoms with van der Waals surface area (Å²) in [6.07, 6.45) is 8.69. The first-order valence-electron chi connectivity index (χ1n) is 9.15. The fourth-order valence-electron chi connectivity index (χ4n) is 5.96. The van der Waals surface area contributed by atoms with Crippen molar-refractivity contribution >= 4 is 28.4 Å². The highest BCUT2D eigenvalue weighted by Crippen LogP contribution is 2.55. The van der Waals surface area contributed by atoms with Crippen molar-refractivity contribution in [2.24, 2.45) is 17.8 Å². The molecule has 130 valence electrons. The molecule has 4 nitrogen and oxygen atoms in total. The third-order valence-electron chi connectivity index (χ3n) is 6.53. The predicted molar refractivity (Wildman–Crippen MR) is 97.9 cm³/mol. The molecule has 1 heterocycles. The summed E-state index contributed by atoms with van der Waals surface area (Å²) in [6.45, 7) is 0. The molecule has 0 aliphatic heterocycles. The molecule has 2 N–H and O–H groups in total. The van der Waals surface area contributed by atoms with E-state index in [1.165, 1.54) is 25.5 Å². The van der Waals surface area contributed by atoms with Gasteiger partial charge < -0.3 is 10.3 Å². The number of fused-ring (bicyclic) bond motifs is 1. The Labute approximate surface area is 151 Å². The van der Waals surface area contributed by atoms with Crippen molar-refractivity contribution in [2.75, 3.05) is 0 Å². The van der Waals surface area contributed by atoms with E-state index in [9.17, 15) is 9.59 Å². The first-order valence-corrected chi connectivity index (χ1v) is 9.53. The number of rotatable bonds is 2. The number of carbonyl (C=O) groups is 1. The van der Waals surface area contributed by atoms with E-state index >= 15 is 0 Å². The largest absolute Gasteiger partial charge is 0.359 e. The van der Waals surface area contributed by atoms with E-state index in [0.29, 0.717) is 15.9 Å². The lowest BCUT2D eigenvalue weighted by atomic mass is 9.53. The Hall–Kier alpha value is -1.81. The van der Waals surface area contributed by atoms with Crippen molar-refractivity contribution in [3.8, 4) is 0 Å². The highest BCUT2D eigenvalue weighted by molar-refractivity contribution is 6.35. The number of benzene rings is 1. The fourth-order valence-corrected chi connectivity index (χ4v) is 6.18. The van der Waals surface area contributed by atoms with E-state index in [0.717, 1.165) is 37.0 Å². The predicted octanol–water partition coefficient (Wildman–Crippen LogP) is 3.88. The topological polar surface area (TPSA) is 62.0 Å². The van der Waals surface area contributed by atoms with E-state index in [-0.39, 0.29) is 22.4 Å². The Bertz CT molecular complexity index is 898. The van der Waals surface area contributed by atoms with Crippen molar-refractivity contribution in [1.29, 1.82) is 0 Å². The van der Waals surface area contributed by atoms with Gasteiger partial charge in [0.05, 0.1) is 10.5 Å². The summed E-state index contributed by atoms with van der Waals surface area (Å²) in [7, 11) is 0. The third kappa shape index (κ3) is 2.42. The lowest BCUT2D eigenvalue weighted by Gasteiger charge is -2.56. The summed E-state index contributed by atoms with van der Waals surface area (Å²) >= 11 is 6.13. The highest BCUT2D eigenvalue weighted by Gasteiger charge is 2.51. The number of para-hydroxylation sites is 1. The van der Waals surface area contributed by atoms with Crippen LogP contribution in [0.4, 0.5) is 0 Å². The third-order valence-corrected chi connectivity index (χ3v) is 6.84. The molecule has 0 unspecified atom stereocenters. The molecule has 1 aromatic carbocycles. The van der Waals surface area contributed by atoms with Gasteiger partial charge in [-0.2, -0.15) is 0 Å². The molecular weight excluding hydrogens is 336 g/mol. The van der Waals surface area contributed by atoms with Gasteiger partial charge >= 0.3 is 0 Å². The fraction of sp³-hybridized carbons (Fsp3) is 0.500. The second-order valence-corrected chi connectivity index (χ2v) is 8.75. The number of halogens is 1. The molecule has 4 bridgehead atoms. The first-order chi connectivity index (χ1) is 12.0. The molecule has 5 heteroatoms. The number of aromatic nitrogens is 1. The average molecular weight is 357 g/mol. The number of aromatic amines is 1. The molecule has 2 aromatic rings. The van der Waals surface area contributed by atoms with Crippen LogP contribution in [0.15, 0.2) is 29.2 Å². The lowest BCUT2D eigenvalue weighted by molar-refractivity contribution is -0.0167. The van der Waals surface area contributed by atoms with Crippen LogP contribution in [0.25, 0.3) is 10.9 Å². The van der Waals surface area contributed by atoms with Crippen LogP contribution in [0.5, 0.6) is 0 Å². The van der Waals surface area contributed by atoms with Gasteiger partial charge in [-0.15, -0.1) is 0 Å². The number of nitrogens with one attached hydrogen (secondary N) is 2. The van der Waals surface area contributed by atoms with Crippen molar-refractivity contribution in [3.63, 3.8) is 0 Å². The second kappa shape index (κ2) is 5.34. The minimum absolute atomic E-state index is 0.0957. The van der Waals surface area contributed by atoms with E-state index in [2.05, 4.69) is 10.3 Å². The second-order valence-electron chi connectivity index (χ2n) is 8.35. The smallest absolute Gasteiger partial charge is 0.257 e. The average Bonchev–Trinajstić information content (AvgIpc) is 2.54. The standard InChI is InChI=1S/C20H21ClN2O2/c21-16-3-1-2-14-17(16)22-10-15(18(14)24)19(25)23-20-7-11-4-12(8-20)6-13(5-11)9-20/h1-3,10-13H,4-9H2,(H,22,24)(H,23,25). The zero-order valence-corrected chi connectivity index (χ0v) is 14.7. The molecule has 4 aliphatic carbocycles. The molecule has 4 fully saturated rings. The molecule has 25 heavy (non-hydrogen) atoms. The molecule has 4 aliphatic rings.